The zero-order valence-corrected chi connectivity index (χ0v) is 98.4. The topological polar surface area (TPSA) is 0 Å². The Bertz CT molecular complexity index is 2630. The minimum absolute atomic E-state index is 0. The van der Waals surface area contributed by atoms with E-state index < -0.39 is 0 Å². The second-order valence-corrected chi connectivity index (χ2v) is 36.9. The SMILES string of the molecule is C/C=C1\CC2C=CC1C2.C/C=C1\CC2CCC1C2.C/C=C1\CC2CCC1C2.C=CC1CC2C=CC1C2.C=CC1CC2CCC1C2.C=CC1CC2CCC1C2.CC([S-])C1CC2C=CC1C2.CC([S-])C1CC2C=CC1C2.C[S-].C[S-].C[S-].C[S-].[S-]CCC1CC2C=CC1C2.[S-]CCC1CC2C=CC1C2.[SH-].[SH-].[SH3+].[SH3+].[W+2].[W+2].[W+2].[W+2].[W].[W]. The predicted molar refractivity (Wildman–Crippen MR) is 511 cm³/mol. The molecule has 0 aromatic rings. The van der Waals surface area contributed by atoms with Crippen LogP contribution in [0.4, 0.5) is 0 Å². The summed E-state index contributed by atoms with van der Waals surface area (Å²) in [6.07, 6.45) is 91.5. The fourth-order valence-electron chi connectivity index (χ4n) is 23.6. The summed E-state index contributed by atoms with van der Waals surface area (Å²) < 4.78 is 0. The van der Waals surface area contributed by atoms with E-state index in [0.717, 1.165) is 171 Å². The molecule has 20 aliphatic rings. The Kier molecular flexibility index (Phi) is 74.4. The maximum absolute atomic E-state index is 5.27. The molecule has 29 unspecified atom stereocenters. The molecule has 0 saturated heterocycles. The Labute approximate surface area is 850 Å². The van der Waals surface area contributed by atoms with Crippen LogP contribution in [0, 0.1) is 160 Å². The van der Waals surface area contributed by atoms with Crippen molar-refractivity contribution < 1.29 is 126 Å². The molecule has 0 spiro atoms. The van der Waals surface area contributed by atoms with Crippen LogP contribution >= 0.6 is 0 Å². The van der Waals surface area contributed by atoms with E-state index in [2.05, 4.69) is 214 Å². The number of thiol groups is 2. The largest absolute Gasteiger partial charge is 2.00 e. The summed E-state index contributed by atoms with van der Waals surface area (Å²) in [6, 6.07) is 0. The van der Waals surface area contributed by atoms with E-state index in [4.69, 9.17) is 50.5 Å². The van der Waals surface area contributed by atoms with Crippen molar-refractivity contribution in [1.29, 1.82) is 0 Å². The number of rotatable bonds is 9. The van der Waals surface area contributed by atoms with Gasteiger partial charge in [-0.15, -0.1) is 19.7 Å². The fraction of sp³-hybridized carbons (Fsp3) is 0.745. The molecular formula is C94H152S12W6. The molecule has 14 saturated carbocycles. The van der Waals surface area contributed by atoms with Crippen LogP contribution in [0.15, 0.2) is 146 Å². The fourth-order valence-corrected chi connectivity index (χ4v) is 24.9. The molecule has 14 fully saturated rings. The van der Waals surface area contributed by atoms with Gasteiger partial charge in [-0.05, 0) is 336 Å². The van der Waals surface area contributed by atoms with Crippen molar-refractivity contribution in [1.82, 2.24) is 0 Å². The number of hydrogen-bond acceptors (Lipinski definition) is 10. The van der Waals surface area contributed by atoms with E-state index in [0.29, 0.717) is 10.5 Å². The number of allylic oxidation sites excluding steroid dienone is 21. The van der Waals surface area contributed by atoms with Gasteiger partial charge in [-0.2, -0.15) is 47.0 Å². The van der Waals surface area contributed by atoms with E-state index in [1.165, 1.54) is 193 Å². The van der Waals surface area contributed by atoms with Crippen molar-refractivity contribution in [3.8, 4) is 0 Å². The van der Waals surface area contributed by atoms with Gasteiger partial charge in [0.15, 0.2) is 0 Å². The van der Waals surface area contributed by atoms with Gasteiger partial charge in [0.2, 0.25) is 0 Å². The van der Waals surface area contributed by atoms with Gasteiger partial charge in [0.25, 0.3) is 0 Å². The van der Waals surface area contributed by atoms with Crippen molar-refractivity contribution in [2.24, 2.45) is 160 Å². The van der Waals surface area contributed by atoms with Gasteiger partial charge in [0, 0.05) is 42.1 Å². The second kappa shape index (κ2) is 67.5. The first-order chi connectivity index (χ1) is 49.7. The summed E-state index contributed by atoms with van der Waals surface area (Å²) in [5.41, 5.74) is 5.18. The van der Waals surface area contributed by atoms with Crippen LogP contribution in [-0.2, 0) is 281 Å². The third-order valence-corrected chi connectivity index (χ3v) is 30.1. The molecular weight excluding hydrogens is 2620 g/mol. The summed E-state index contributed by atoms with van der Waals surface area (Å²) in [6.45, 7) is 22.4. The Morgan fingerprint density at radius 1 is 0.348 bits per heavy atom. The van der Waals surface area contributed by atoms with E-state index in [1.54, 1.807) is 41.7 Å². The molecule has 29 atom stereocenters. The van der Waals surface area contributed by atoms with E-state index >= 15 is 0 Å². The molecule has 0 radical (unpaired) electrons. The van der Waals surface area contributed by atoms with Crippen molar-refractivity contribution in [3.05, 3.63) is 146 Å². The molecule has 0 nitrogen and oxygen atoms in total. The van der Waals surface area contributed by atoms with Crippen LogP contribution in [0.2, 0.25) is 0 Å². The standard InChI is InChI=1S/4C9H14S.4C9H14.2C9H12.4CH4S.4H2S.6W/c2*1-6(10)9-5-7-2-3-8(9)4-7;2*10-4-3-9-6-7-1-2-8(9)5-7;6*1-2-8-5-7-3-4-9(8)6-7;4*1-2;;;;;;;;;;/h2*2-3,6-10H,4-5H2,1H3;2*1-2,7-10H,3-6H2;2*2,7,9H,3-6H2,1H3;2*2,7-9H,1,3-6H2;2-4,7,9H,5-6H2,1H3;2-4,7-9H,1,5-6H2;4*2H,1H3;4*1H2;;;;;;/q;;;;;;;;;;;;;;;;;;;;4*+2/p-8/b;;;;2*8-2+;;;8-2+;;;;;;;;;;;;;;;. The Morgan fingerprint density at radius 2 is 0.679 bits per heavy atom. The van der Waals surface area contributed by atoms with Gasteiger partial charge in [-0.1, -0.05) is 204 Å². The smallest absolute Gasteiger partial charge is 0.813 e. The first-order valence-corrected chi connectivity index (χ1v) is 47.1. The molecule has 0 aromatic carbocycles. The van der Waals surface area contributed by atoms with Crippen LogP contribution in [0.1, 0.15) is 227 Å². The van der Waals surface area contributed by atoms with Crippen LogP contribution in [-0.4, -0.2) is 47.0 Å². The van der Waals surface area contributed by atoms with Gasteiger partial charge in [0.1, 0.15) is 0 Å². The Balaban J connectivity index is -0.000000567. The molecule has 0 heterocycles. The van der Waals surface area contributed by atoms with Gasteiger partial charge >= 0.3 is 84.3 Å². The first kappa shape index (κ1) is 124. The third-order valence-electron chi connectivity index (χ3n) is 28.9. The molecule has 0 amide bonds. The van der Waals surface area contributed by atoms with Gasteiger partial charge in [-0.25, -0.2) is 0 Å². The van der Waals surface area contributed by atoms with E-state index in [9.17, 15) is 0 Å². The monoisotopic (exact) mass is 2770 g/mol. The Morgan fingerprint density at radius 3 is 0.839 bits per heavy atom. The van der Waals surface area contributed by atoms with Gasteiger partial charge in [0.05, 0.1) is 0 Å². The van der Waals surface area contributed by atoms with E-state index in [1.807, 2.05) is 0 Å². The van der Waals surface area contributed by atoms with Gasteiger partial charge < -0.3 is 128 Å². The van der Waals surface area contributed by atoms with Crippen molar-refractivity contribution in [2.45, 2.75) is 238 Å². The predicted octanol–water partition coefficient (Wildman–Crippen LogP) is 22.7. The third kappa shape index (κ3) is 37.1. The molecule has 0 aromatic heterocycles. The minimum Gasteiger partial charge on any atom is -0.813 e. The van der Waals surface area contributed by atoms with Crippen molar-refractivity contribution in [3.63, 3.8) is 0 Å². The average Bonchev–Trinajstić information content (AvgIpc) is 1.66. The molecule has 112 heavy (non-hydrogen) atoms. The zero-order chi connectivity index (χ0) is 73.8. The van der Waals surface area contributed by atoms with Crippen LogP contribution in [0.5, 0.6) is 0 Å². The molecule has 636 valence electrons. The van der Waals surface area contributed by atoms with Crippen LogP contribution < -0.4 is 0 Å². The maximum atomic E-state index is 5.27. The summed E-state index contributed by atoms with van der Waals surface area (Å²) in [7, 11) is 0. The summed E-state index contributed by atoms with van der Waals surface area (Å²) in [4.78, 5) is 0. The van der Waals surface area contributed by atoms with Crippen LogP contribution in [0.3, 0.4) is 0 Å². The summed E-state index contributed by atoms with van der Waals surface area (Å²) >= 11 is 36.8. The summed E-state index contributed by atoms with van der Waals surface area (Å²) in [5, 5.41) is 0.972. The van der Waals surface area contributed by atoms with Crippen molar-refractivity contribution in [2.75, 3.05) is 36.5 Å². The molecule has 18 heteroatoms. The minimum atomic E-state index is 0. The molecule has 20 bridgehead atoms. The zero-order valence-electron chi connectivity index (χ0n) is 70.1. The van der Waals surface area contributed by atoms with E-state index in [-0.39, 0.29) is 180 Å². The van der Waals surface area contributed by atoms with Crippen molar-refractivity contribution >= 4 is 155 Å². The quantitative estimate of drug-likeness (QED) is 0.0944. The first-order valence-electron chi connectivity index (χ1n) is 41.8. The second-order valence-electron chi connectivity index (χ2n) is 34.6. The molecule has 0 N–H and O–H groups in total. The Hall–Kier alpha value is 5.21. The van der Waals surface area contributed by atoms with Crippen LogP contribution in [0.25, 0.3) is 0 Å². The summed E-state index contributed by atoms with van der Waals surface area (Å²) in [5.74, 6) is 27.1. The molecule has 20 aliphatic carbocycles. The number of hydrogen-bond donors (Lipinski definition) is 0. The normalized spacial score (nSPS) is 38.2. The maximum Gasteiger partial charge on any atom is 2.00 e. The number of fused-ring (bicyclic) bond motifs is 20. The van der Waals surface area contributed by atoms with Gasteiger partial charge in [-0.3, -0.25) is 0 Å². The molecule has 0 aliphatic heterocycles. The molecule has 20 rings (SSSR count). The average molecular weight is 2770 g/mol.